The highest BCUT2D eigenvalue weighted by atomic mass is 35.5. The highest BCUT2D eigenvalue weighted by Crippen LogP contribution is 2.33. The van der Waals surface area contributed by atoms with Gasteiger partial charge in [0.2, 0.25) is 0 Å². The van der Waals surface area contributed by atoms with Gasteiger partial charge >= 0.3 is 0 Å². The maximum absolute atomic E-state index is 13.2. The van der Waals surface area contributed by atoms with Gasteiger partial charge in [0, 0.05) is 24.8 Å². The van der Waals surface area contributed by atoms with E-state index in [1.807, 2.05) is 49.3 Å². The fourth-order valence-electron chi connectivity index (χ4n) is 2.60. The monoisotopic (exact) mass is 416 g/mol. The molecule has 28 heavy (non-hydrogen) atoms. The molecule has 0 N–H and O–H groups in total. The number of carbonyl (C=O) groups excluding carboxylic acids is 2. The zero-order valence-corrected chi connectivity index (χ0v) is 16.9. The van der Waals surface area contributed by atoms with E-state index in [1.165, 1.54) is 12.1 Å². The van der Waals surface area contributed by atoms with Crippen LogP contribution in [0.3, 0.4) is 0 Å². The minimum atomic E-state index is -0.466. The molecule has 3 rings (SSSR count). The van der Waals surface area contributed by atoms with Gasteiger partial charge in [-0.25, -0.2) is 4.39 Å². The third kappa shape index (κ3) is 4.64. The standard InChI is InChI=1S/C21H18ClFN2O2S/c1-24(2)17-10-6-14(7-11-17)4-3-5-19-20(26)25(21(27)28-19)13-15-8-9-16(23)12-18(15)22/h3-12H,13H2,1-2H3/b4-3+,19-5-. The Morgan fingerprint density at radius 3 is 2.50 bits per heavy atom. The maximum Gasteiger partial charge on any atom is 0.293 e. The molecule has 0 aliphatic carbocycles. The highest BCUT2D eigenvalue weighted by molar-refractivity contribution is 8.18. The second-order valence-corrected chi connectivity index (χ2v) is 7.77. The van der Waals surface area contributed by atoms with Crippen molar-refractivity contribution in [1.29, 1.82) is 0 Å². The van der Waals surface area contributed by atoms with Gasteiger partial charge in [0.15, 0.2) is 0 Å². The zero-order chi connectivity index (χ0) is 20.3. The van der Waals surface area contributed by atoms with E-state index in [9.17, 15) is 14.0 Å². The second kappa shape index (κ2) is 8.63. The van der Waals surface area contributed by atoms with Gasteiger partial charge in [0.25, 0.3) is 11.1 Å². The molecule has 2 aromatic carbocycles. The Labute approximate surface area is 172 Å². The first-order valence-corrected chi connectivity index (χ1v) is 9.68. The number of hydrogen-bond donors (Lipinski definition) is 0. The molecule has 1 fully saturated rings. The Kier molecular flexibility index (Phi) is 6.21. The van der Waals surface area contributed by atoms with Gasteiger partial charge in [-0.1, -0.05) is 42.0 Å². The van der Waals surface area contributed by atoms with Crippen LogP contribution in [0.25, 0.3) is 6.08 Å². The molecule has 0 radical (unpaired) electrons. The lowest BCUT2D eigenvalue weighted by atomic mass is 10.2. The van der Waals surface area contributed by atoms with Crippen LogP contribution < -0.4 is 4.90 Å². The van der Waals surface area contributed by atoms with Crippen molar-refractivity contribution in [2.24, 2.45) is 0 Å². The Bertz CT molecular complexity index is 971. The van der Waals surface area contributed by atoms with Gasteiger partial charge in [0.1, 0.15) is 5.82 Å². The molecular weight excluding hydrogens is 399 g/mol. The summed E-state index contributed by atoms with van der Waals surface area (Å²) in [6.07, 6.45) is 5.23. The molecule has 0 unspecified atom stereocenters. The first-order valence-electron chi connectivity index (χ1n) is 8.48. The van der Waals surface area contributed by atoms with Crippen LogP contribution in [0, 0.1) is 5.82 Å². The van der Waals surface area contributed by atoms with Crippen molar-refractivity contribution in [3.63, 3.8) is 0 Å². The van der Waals surface area contributed by atoms with Gasteiger partial charge in [-0.15, -0.1) is 0 Å². The molecule has 144 valence electrons. The van der Waals surface area contributed by atoms with E-state index in [-0.39, 0.29) is 22.7 Å². The number of allylic oxidation sites excluding steroid dienone is 2. The number of carbonyl (C=O) groups is 2. The number of anilines is 1. The SMILES string of the molecule is CN(C)c1ccc(/C=C/C=C2\SC(=O)N(Cc3ccc(F)cc3Cl)C2=O)cc1. The lowest BCUT2D eigenvalue weighted by molar-refractivity contribution is -0.123. The summed E-state index contributed by atoms with van der Waals surface area (Å²) in [5.74, 6) is -0.852. The van der Waals surface area contributed by atoms with Crippen LogP contribution in [0.15, 0.2) is 59.5 Å². The number of imide groups is 1. The van der Waals surface area contributed by atoms with Crippen LogP contribution in [-0.4, -0.2) is 30.1 Å². The Hall–Kier alpha value is -2.57. The van der Waals surface area contributed by atoms with Crippen LogP contribution >= 0.6 is 23.4 Å². The van der Waals surface area contributed by atoms with Crippen molar-refractivity contribution in [2.45, 2.75) is 6.54 Å². The van der Waals surface area contributed by atoms with E-state index < -0.39 is 5.82 Å². The van der Waals surface area contributed by atoms with Crippen LogP contribution in [0.4, 0.5) is 14.9 Å². The van der Waals surface area contributed by atoms with Gasteiger partial charge < -0.3 is 4.90 Å². The normalized spacial score (nSPS) is 15.9. The summed E-state index contributed by atoms with van der Waals surface area (Å²) in [4.78, 5) is 28.2. The Morgan fingerprint density at radius 1 is 1.14 bits per heavy atom. The quantitative estimate of drug-likeness (QED) is 0.617. The summed E-state index contributed by atoms with van der Waals surface area (Å²) in [6.45, 7) is 0.0107. The van der Waals surface area contributed by atoms with Crippen molar-refractivity contribution in [3.8, 4) is 0 Å². The van der Waals surface area contributed by atoms with Crippen molar-refractivity contribution >= 4 is 46.3 Å². The summed E-state index contributed by atoms with van der Waals surface area (Å²) < 4.78 is 13.2. The predicted octanol–water partition coefficient (Wildman–Crippen LogP) is 5.34. The van der Waals surface area contributed by atoms with E-state index in [0.29, 0.717) is 10.5 Å². The van der Waals surface area contributed by atoms with Crippen LogP contribution in [-0.2, 0) is 11.3 Å². The minimum absolute atomic E-state index is 0.0107. The van der Waals surface area contributed by atoms with Crippen LogP contribution in [0.2, 0.25) is 5.02 Å². The first-order chi connectivity index (χ1) is 13.3. The average Bonchev–Trinajstić information content (AvgIpc) is 2.92. The van der Waals surface area contributed by atoms with Gasteiger partial charge in [-0.3, -0.25) is 14.5 Å². The maximum atomic E-state index is 13.2. The van der Waals surface area contributed by atoms with Crippen molar-refractivity contribution in [1.82, 2.24) is 4.90 Å². The largest absolute Gasteiger partial charge is 0.378 e. The van der Waals surface area contributed by atoms with Crippen molar-refractivity contribution < 1.29 is 14.0 Å². The third-order valence-corrected chi connectivity index (χ3v) is 5.44. The molecule has 2 amide bonds. The number of thioether (sulfide) groups is 1. The minimum Gasteiger partial charge on any atom is -0.378 e. The molecule has 7 heteroatoms. The molecule has 1 aliphatic heterocycles. The molecular formula is C21H18ClFN2O2S. The van der Waals surface area contributed by atoms with Crippen LogP contribution in [0.1, 0.15) is 11.1 Å². The average molecular weight is 417 g/mol. The molecule has 1 aliphatic rings. The topological polar surface area (TPSA) is 40.6 Å². The summed E-state index contributed by atoms with van der Waals surface area (Å²) >= 11 is 6.87. The summed E-state index contributed by atoms with van der Waals surface area (Å²) in [5.41, 5.74) is 2.60. The van der Waals surface area contributed by atoms with E-state index in [4.69, 9.17) is 11.6 Å². The Balaban J connectivity index is 1.70. The highest BCUT2D eigenvalue weighted by Gasteiger charge is 2.34. The first kappa shape index (κ1) is 20.2. The molecule has 1 saturated heterocycles. The number of nitrogens with zero attached hydrogens (tertiary/aromatic N) is 2. The van der Waals surface area contributed by atoms with Gasteiger partial charge in [-0.05, 0) is 53.2 Å². The lowest BCUT2D eigenvalue weighted by Gasteiger charge is -2.13. The Morgan fingerprint density at radius 2 is 1.86 bits per heavy atom. The van der Waals surface area contributed by atoms with Crippen molar-refractivity contribution in [3.05, 3.63) is 81.5 Å². The lowest BCUT2D eigenvalue weighted by Crippen LogP contribution is -2.27. The summed E-state index contributed by atoms with van der Waals surface area (Å²) in [5, 5.41) is -0.190. The number of hydrogen-bond acceptors (Lipinski definition) is 4. The van der Waals surface area contributed by atoms with E-state index in [0.717, 1.165) is 34.0 Å². The van der Waals surface area contributed by atoms with E-state index in [1.54, 1.807) is 12.2 Å². The summed E-state index contributed by atoms with van der Waals surface area (Å²) in [6, 6.07) is 11.8. The second-order valence-electron chi connectivity index (χ2n) is 6.37. The molecule has 0 aromatic heterocycles. The third-order valence-electron chi connectivity index (χ3n) is 4.16. The predicted molar refractivity (Wildman–Crippen MR) is 113 cm³/mol. The molecule has 0 saturated carbocycles. The fraction of sp³-hybridized carbons (Fsp3) is 0.143. The van der Waals surface area contributed by atoms with Gasteiger partial charge in [-0.2, -0.15) is 0 Å². The molecule has 1 heterocycles. The molecule has 0 spiro atoms. The summed E-state index contributed by atoms with van der Waals surface area (Å²) in [7, 11) is 3.94. The molecule has 0 atom stereocenters. The molecule has 2 aromatic rings. The fourth-order valence-corrected chi connectivity index (χ4v) is 3.62. The number of halogens is 2. The smallest absolute Gasteiger partial charge is 0.293 e. The van der Waals surface area contributed by atoms with Crippen molar-refractivity contribution in [2.75, 3.05) is 19.0 Å². The number of rotatable bonds is 5. The van der Waals surface area contributed by atoms with E-state index >= 15 is 0 Å². The number of amides is 2. The molecule has 4 nitrogen and oxygen atoms in total. The van der Waals surface area contributed by atoms with Crippen LogP contribution in [0.5, 0.6) is 0 Å². The zero-order valence-electron chi connectivity index (χ0n) is 15.4. The van der Waals surface area contributed by atoms with Gasteiger partial charge in [0.05, 0.1) is 11.4 Å². The number of benzene rings is 2. The molecule has 0 bridgehead atoms. The van der Waals surface area contributed by atoms with E-state index in [2.05, 4.69) is 0 Å².